The summed E-state index contributed by atoms with van der Waals surface area (Å²) >= 11 is 4.84. The minimum absolute atomic E-state index is 0.0872. The number of hydrogen-bond donors (Lipinski definition) is 1. The normalized spacial score (nSPS) is 12.9. The number of amides is 3. The van der Waals surface area contributed by atoms with Crippen molar-refractivity contribution in [3.05, 3.63) is 69.5 Å². The number of halogens is 1. The minimum Gasteiger partial charge on any atom is -0.302 e. The predicted octanol–water partition coefficient (Wildman–Crippen LogP) is 5.37. The molecule has 3 amide bonds. The van der Waals surface area contributed by atoms with Crippen molar-refractivity contribution in [1.82, 2.24) is 9.88 Å². The standard InChI is InChI=1S/C23H20BrN3O3S/c24-16-8-6-7-15(13-16)19-14-31-23(25-19)26-20(28)11-2-1-5-12-27-21(29)17-9-3-4-10-18(17)22(27)30/h3-4,6-10,13-14H,1-2,5,11-12H2,(H,25,26,28). The largest absolute Gasteiger partial charge is 0.302 e. The number of fused-ring (bicyclic) bond motifs is 1. The maximum atomic E-state index is 12.3. The van der Waals surface area contributed by atoms with Crippen molar-refractivity contribution in [3.8, 4) is 11.3 Å². The number of rotatable bonds is 8. The van der Waals surface area contributed by atoms with Gasteiger partial charge in [0.25, 0.3) is 11.8 Å². The van der Waals surface area contributed by atoms with Crippen LogP contribution in [0, 0.1) is 0 Å². The van der Waals surface area contributed by atoms with Crippen molar-refractivity contribution >= 4 is 50.1 Å². The molecular weight excluding hydrogens is 478 g/mol. The van der Waals surface area contributed by atoms with E-state index in [-0.39, 0.29) is 17.7 Å². The molecule has 1 aromatic heterocycles. The van der Waals surface area contributed by atoms with Crippen LogP contribution >= 0.6 is 27.3 Å². The third-order valence-electron chi connectivity index (χ3n) is 5.03. The van der Waals surface area contributed by atoms with Gasteiger partial charge in [-0.2, -0.15) is 0 Å². The van der Waals surface area contributed by atoms with Crippen molar-refractivity contribution in [2.75, 3.05) is 11.9 Å². The van der Waals surface area contributed by atoms with Gasteiger partial charge in [0.15, 0.2) is 5.13 Å². The first-order valence-electron chi connectivity index (χ1n) is 9.99. The lowest BCUT2D eigenvalue weighted by Crippen LogP contribution is -2.30. The van der Waals surface area contributed by atoms with Crippen LogP contribution in [0.1, 0.15) is 46.4 Å². The number of carbonyl (C=O) groups is 3. The predicted molar refractivity (Wildman–Crippen MR) is 124 cm³/mol. The van der Waals surface area contributed by atoms with Crippen LogP contribution in [0.3, 0.4) is 0 Å². The van der Waals surface area contributed by atoms with Crippen LogP contribution in [0.15, 0.2) is 58.4 Å². The van der Waals surface area contributed by atoms with Crippen LogP contribution in [-0.4, -0.2) is 34.2 Å². The summed E-state index contributed by atoms with van der Waals surface area (Å²) in [7, 11) is 0. The maximum absolute atomic E-state index is 12.3. The van der Waals surface area contributed by atoms with E-state index in [0.717, 1.165) is 22.2 Å². The Morgan fingerprint density at radius 3 is 2.45 bits per heavy atom. The highest BCUT2D eigenvalue weighted by molar-refractivity contribution is 9.10. The van der Waals surface area contributed by atoms with Gasteiger partial charge >= 0.3 is 0 Å². The number of anilines is 1. The van der Waals surface area contributed by atoms with E-state index in [9.17, 15) is 14.4 Å². The molecule has 4 rings (SSSR count). The van der Waals surface area contributed by atoms with Crippen molar-refractivity contribution < 1.29 is 14.4 Å². The Morgan fingerprint density at radius 2 is 1.74 bits per heavy atom. The molecule has 0 aliphatic carbocycles. The van der Waals surface area contributed by atoms with Crippen LogP contribution in [-0.2, 0) is 4.79 Å². The fourth-order valence-electron chi connectivity index (χ4n) is 3.47. The molecule has 1 aliphatic heterocycles. The average Bonchev–Trinajstić information content (AvgIpc) is 3.32. The number of hydrogen-bond acceptors (Lipinski definition) is 5. The number of imide groups is 1. The van der Waals surface area contributed by atoms with Gasteiger partial charge < -0.3 is 5.32 Å². The monoisotopic (exact) mass is 497 g/mol. The number of nitrogens with zero attached hydrogens (tertiary/aromatic N) is 2. The molecule has 1 N–H and O–H groups in total. The molecule has 31 heavy (non-hydrogen) atoms. The summed E-state index contributed by atoms with van der Waals surface area (Å²) in [6.45, 7) is 0.371. The van der Waals surface area contributed by atoms with Gasteiger partial charge in [-0.25, -0.2) is 4.98 Å². The highest BCUT2D eigenvalue weighted by atomic mass is 79.9. The number of benzene rings is 2. The van der Waals surface area contributed by atoms with Gasteiger partial charge in [-0.1, -0.05) is 46.6 Å². The molecule has 0 unspecified atom stereocenters. The third-order valence-corrected chi connectivity index (χ3v) is 6.29. The zero-order chi connectivity index (χ0) is 21.8. The molecule has 0 atom stereocenters. The van der Waals surface area contributed by atoms with Gasteiger partial charge in [0, 0.05) is 28.4 Å². The minimum atomic E-state index is -0.233. The molecule has 3 aromatic rings. The van der Waals surface area contributed by atoms with Gasteiger partial charge in [-0.3, -0.25) is 19.3 Å². The second-order valence-electron chi connectivity index (χ2n) is 7.21. The molecule has 0 saturated carbocycles. The molecule has 1 aliphatic rings. The molecule has 2 heterocycles. The molecule has 0 bridgehead atoms. The van der Waals surface area contributed by atoms with Gasteiger partial charge in [0.2, 0.25) is 5.91 Å². The van der Waals surface area contributed by atoms with Crippen LogP contribution in [0.5, 0.6) is 0 Å². The Kier molecular flexibility index (Phi) is 6.58. The third kappa shape index (κ3) is 4.91. The van der Waals surface area contributed by atoms with Gasteiger partial charge in [0.1, 0.15) is 0 Å². The van der Waals surface area contributed by atoms with E-state index in [0.29, 0.717) is 42.1 Å². The van der Waals surface area contributed by atoms with E-state index in [1.54, 1.807) is 24.3 Å². The lowest BCUT2D eigenvalue weighted by Gasteiger charge is -2.13. The van der Waals surface area contributed by atoms with Crippen LogP contribution in [0.4, 0.5) is 5.13 Å². The number of nitrogens with one attached hydrogen (secondary N) is 1. The molecule has 0 spiro atoms. The molecule has 0 radical (unpaired) electrons. The van der Waals surface area contributed by atoms with Gasteiger partial charge in [-0.05, 0) is 37.1 Å². The lowest BCUT2D eigenvalue weighted by molar-refractivity contribution is -0.116. The lowest BCUT2D eigenvalue weighted by atomic mass is 10.1. The second-order valence-corrected chi connectivity index (χ2v) is 8.99. The Bertz CT molecular complexity index is 1110. The molecule has 158 valence electrons. The summed E-state index contributed by atoms with van der Waals surface area (Å²) in [5.41, 5.74) is 2.75. The number of unbranched alkanes of at least 4 members (excludes halogenated alkanes) is 2. The smallest absolute Gasteiger partial charge is 0.261 e. The molecule has 0 saturated heterocycles. The fraction of sp³-hybridized carbons (Fsp3) is 0.217. The topological polar surface area (TPSA) is 79.4 Å². The van der Waals surface area contributed by atoms with E-state index >= 15 is 0 Å². The number of aromatic nitrogens is 1. The summed E-state index contributed by atoms with van der Waals surface area (Å²) in [4.78, 5) is 42.7. The molecule has 6 nitrogen and oxygen atoms in total. The fourth-order valence-corrected chi connectivity index (χ4v) is 4.60. The van der Waals surface area contributed by atoms with E-state index in [1.165, 1.54) is 16.2 Å². The van der Waals surface area contributed by atoms with Crippen LogP contribution in [0.2, 0.25) is 0 Å². The van der Waals surface area contributed by atoms with Crippen molar-refractivity contribution in [2.45, 2.75) is 25.7 Å². The average molecular weight is 498 g/mol. The van der Waals surface area contributed by atoms with E-state index in [1.807, 2.05) is 29.6 Å². The molecule has 0 fully saturated rings. The Morgan fingerprint density at radius 1 is 1.00 bits per heavy atom. The second kappa shape index (κ2) is 9.53. The first-order valence-corrected chi connectivity index (χ1v) is 11.7. The highest BCUT2D eigenvalue weighted by Gasteiger charge is 2.34. The zero-order valence-corrected chi connectivity index (χ0v) is 19.0. The molecule has 2 aromatic carbocycles. The van der Waals surface area contributed by atoms with Crippen molar-refractivity contribution in [3.63, 3.8) is 0 Å². The first-order chi connectivity index (χ1) is 15.0. The molecular formula is C23H20BrN3O3S. The zero-order valence-electron chi connectivity index (χ0n) is 16.6. The summed E-state index contributed by atoms with van der Waals surface area (Å²) in [5.74, 6) is -0.553. The highest BCUT2D eigenvalue weighted by Crippen LogP contribution is 2.27. The van der Waals surface area contributed by atoms with Crippen molar-refractivity contribution in [1.29, 1.82) is 0 Å². The van der Waals surface area contributed by atoms with E-state index < -0.39 is 0 Å². The quantitative estimate of drug-likeness (QED) is 0.335. The van der Waals surface area contributed by atoms with Crippen LogP contribution < -0.4 is 5.32 Å². The first kappa shape index (κ1) is 21.4. The Hall–Kier alpha value is -2.84. The summed E-state index contributed by atoms with van der Waals surface area (Å²) < 4.78 is 0.977. The number of thiazole rings is 1. The SMILES string of the molecule is O=C(CCCCCN1C(=O)c2ccccc2C1=O)Nc1nc(-c2cccc(Br)c2)cs1. The summed E-state index contributed by atoms with van der Waals surface area (Å²) in [6, 6.07) is 14.7. The van der Waals surface area contributed by atoms with E-state index in [2.05, 4.69) is 26.2 Å². The molecule has 8 heteroatoms. The summed E-state index contributed by atoms with van der Waals surface area (Å²) in [5, 5.41) is 5.33. The van der Waals surface area contributed by atoms with Gasteiger partial charge in [-0.15, -0.1) is 11.3 Å². The van der Waals surface area contributed by atoms with Crippen LogP contribution in [0.25, 0.3) is 11.3 Å². The van der Waals surface area contributed by atoms with E-state index in [4.69, 9.17) is 0 Å². The number of carbonyl (C=O) groups excluding carboxylic acids is 3. The Balaban J connectivity index is 1.20. The van der Waals surface area contributed by atoms with Gasteiger partial charge in [0.05, 0.1) is 16.8 Å². The van der Waals surface area contributed by atoms with Crippen molar-refractivity contribution in [2.24, 2.45) is 0 Å². The Labute approximate surface area is 192 Å². The maximum Gasteiger partial charge on any atom is 0.261 e. The summed E-state index contributed by atoms with van der Waals surface area (Å²) in [6.07, 6.45) is 2.47.